The number of nitrogens with one attached hydrogen (secondary N) is 1. The molecule has 1 aliphatic rings. The van der Waals surface area contributed by atoms with Crippen LogP contribution in [-0.4, -0.2) is 23.0 Å². The van der Waals surface area contributed by atoms with Crippen molar-refractivity contribution in [3.63, 3.8) is 0 Å². The SMILES string of the molecule is O=C(NC1CCCCC1C(=O)O)c1ccc(F)cc1I. The number of hydrogen-bond donors (Lipinski definition) is 2. The van der Waals surface area contributed by atoms with Crippen molar-refractivity contribution in [2.75, 3.05) is 0 Å². The van der Waals surface area contributed by atoms with Gasteiger partial charge in [0.15, 0.2) is 0 Å². The fourth-order valence-corrected chi connectivity index (χ4v) is 3.24. The third-order valence-electron chi connectivity index (χ3n) is 3.58. The first-order chi connectivity index (χ1) is 9.49. The Balaban J connectivity index is 2.11. The molecule has 0 aliphatic heterocycles. The summed E-state index contributed by atoms with van der Waals surface area (Å²) in [6, 6.07) is 3.58. The lowest BCUT2D eigenvalue weighted by molar-refractivity contribution is -0.143. The van der Waals surface area contributed by atoms with Gasteiger partial charge in [-0.05, 0) is 53.6 Å². The van der Waals surface area contributed by atoms with Gasteiger partial charge in [0, 0.05) is 9.61 Å². The van der Waals surface area contributed by atoms with Crippen LogP contribution in [0, 0.1) is 15.3 Å². The summed E-state index contributed by atoms with van der Waals surface area (Å²) in [7, 11) is 0. The minimum absolute atomic E-state index is 0.340. The molecule has 1 aromatic carbocycles. The smallest absolute Gasteiger partial charge is 0.308 e. The molecule has 0 aromatic heterocycles. The number of hydrogen-bond acceptors (Lipinski definition) is 2. The van der Waals surface area contributed by atoms with Crippen LogP contribution in [0.25, 0.3) is 0 Å². The number of halogens is 2. The van der Waals surface area contributed by atoms with Crippen LogP contribution in [-0.2, 0) is 4.79 Å². The average Bonchev–Trinajstić information content (AvgIpc) is 2.38. The Kier molecular flexibility index (Phi) is 4.95. The molecule has 1 aromatic rings. The lowest BCUT2D eigenvalue weighted by Gasteiger charge is -2.29. The Morgan fingerprint density at radius 2 is 2.00 bits per heavy atom. The van der Waals surface area contributed by atoms with Gasteiger partial charge in [-0.3, -0.25) is 9.59 Å². The first-order valence-corrected chi connectivity index (χ1v) is 7.55. The second-order valence-electron chi connectivity index (χ2n) is 4.93. The van der Waals surface area contributed by atoms with Crippen molar-refractivity contribution in [3.8, 4) is 0 Å². The van der Waals surface area contributed by atoms with Crippen LogP contribution in [0.3, 0.4) is 0 Å². The van der Waals surface area contributed by atoms with E-state index in [1.807, 2.05) is 22.6 Å². The number of amides is 1. The highest BCUT2D eigenvalue weighted by molar-refractivity contribution is 14.1. The molecule has 2 N–H and O–H groups in total. The standard InChI is InChI=1S/C14H15FINO3/c15-8-5-6-9(11(16)7-8)13(18)17-12-4-2-1-3-10(12)14(19)20/h5-7,10,12H,1-4H2,(H,17,18)(H,19,20). The third-order valence-corrected chi connectivity index (χ3v) is 4.47. The number of carboxylic acid groups (broad SMARTS) is 1. The fourth-order valence-electron chi connectivity index (χ4n) is 2.52. The zero-order valence-corrected chi connectivity index (χ0v) is 12.9. The zero-order valence-electron chi connectivity index (χ0n) is 10.7. The van der Waals surface area contributed by atoms with Gasteiger partial charge in [0.05, 0.1) is 11.5 Å². The molecule has 1 amide bonds. The molecule has 2 rings (SSSR count). The van der Waals surface area contributed by atoms with Crippen LogP contribution in [0.2, 0.25) is 0 Å². The molecule has 1 fully saturated rings. The molecular weight excluding hydrogens is 376 g/mol. The second-order valence-corrected chi connectivity index (χ2v) is 6.10. The van der Waals surface area contributed by atoms with E-state index in [-0.39, 0.29) is 11.9 Å². The number of carbonyl (C=O) groups is 2. The molecular formula is C14H15FINO3. The lowest BCUT2D eigenvalue weighted by atomic mass is 9.84. The van der Waals surface area contributed by atoms with Crippen molar-refractivity contribution in [3.05, 3.63) is 33.1 Å². The molecule has 1 aliphatic carbocycles. The Hall–Kier alpha value is -1.18. The van der Waals surface area contributed by atoms with Gasteiger partial charge in [-0.25, -0.2) is 4.39 Å². The van der Waals surface area contributed by atoms with E-state index in [9.17, 15) is 19.1 Å². The van der Waals surface area contributed by atoms with Crippen molar-refractivity contribution in [1.82, 2.24) is 5.32 Å². The Morgan fingerprint density at radius 3 is 2.65 bits per heavy atom. The highest BCUT2D eigenvalue weighted by Gasteiger charge is 2.32. The topological polar surface area (TPSA) is 66.4 Å². The van der Waals surface area contributed by atoms with Crippen molar-refractivity contribution in [2.45, 2.75) is 31.7 Å². The van der Waals surface area contributed by atoms with Gasteiger partial charge >= 0.3 is 5.97 Å². The largest absolute Gasteiger partial charge is 0.481 e. The summed E-state index contributed by atoms with van der Waals surface area (Å²) < 4.78 is 13.5. The van der Waals surface area contributed by atoms with Crippen LogP contribution < -0.4 is 5.32 Å². The molecule has 4 nitrogen and oxygen atoms in total. The lowest BCUT2D eigenvalue weighted by Crippen LogP contribution is -2.45. The van der Waals surface area contributed by atoms with Crippen molar-refractivity contribution < 1.29 is 19.1 Å². The number of carbonyl (C=O) groups excluding carboxylic acids is 1. The zero-order chi connectivity index (χ0) is 14.7. The van der Waals surface area contributed by atoms with E-state index in [0.717, 1.165) is 12.8 Å². The van der Waals surface area contributed by atoms with Crippen LogP contribution in [0.15, 0.2) is 18.2 Å². The Morgan fingerprint density at radius 1 is 1.30 bits per heavy atom. The maximum absolute atomic E-state index is 13.0. The molecule has 108 valence electrons. The maximum atomic E-state index is 13.0. The molecule has 0 saturated heterocycles. The van der Waals surface area contributed by atoms with E-state index in [0.29, 0.717) is 22.0 Å². The van der Waals surface area contributed by atoms with Gasteiger partial charge in [0.1, 0.15) is 5.82 Å². The van der Waals surface area contributed by atoms with Crippen LogP contribution >= 0.6 is 22.6 Å². The van der Waals surface area contributed by atoms with E-state index in [1.54, 1.807) is 0 Å². The van der Waals surface area contributed by atoms with Gasteiger partial charge in [-0.2, -0.15) is 0 Å². The molecule has 2 unspecified atom stereocenters. The summed E-state index contributed by atoms with van der Waals surface area (Å²) in [4.78, 5) is 23.4. The van der Waals surface area contributed by atoms with Gasteiger partial charge in [-0.1, -0.05) is 12.8 Å². The van der Waals surface area contributed by atoms with E-state index in [2.05, 4.69) is 5.32 Å². The summed E-state index contributed by atoms with van der Waals surface area (Å²) in [5, 5.41) is 12.0. The second kappa shape index (κ2) is 6.51. The van der Waals surface area contributed by atoms with Gasteiger partial charge in [0.2, 0.25) is 0 Å². The summed E-state index contributed by atoms with van der Waals surface area (Å²) >= 11 is 1.90. The Labute approximate surface area is 129 Å². The number of aliphatic carboxylic acids is 1. The van der Waals surface area contributed by atoms with Crippen LogP contribution in [0.4, 0.5) is 4.39 Å². The van der Waals surface area contributed by atoms with Gasteiger partial charge in [0.25, 0.3) is 5.91 Å². The summed E-state index contributed by atoms with van der Waals surface area (Å²) in [6.45, 7) is 0. The first kappa shape index (κ1) is 15.2. The molecule has 20 heavy (non-hydrogen) atoms. The summed E-state index contributed by atoms with van der Waals surface area (Å²) in [6.07, 6.45) is 3.04. The van der Waals surface area contributed by atoms with Gasteiger partial charge in [-0.15, -0.1) is 0 Å². The molecule has 0 radical (unpaired) electrons. The minimum Gasteiger partial charge on any atom is -0.481 e. The monoisotopic (exact) mass is 391 g/mol. The highest BCUT2D eigenvalue weighted by Crippen LogP contribution is 2.25. The highest BCUT2D eigenvalue weighted by atomic mass is 127. The number of rotatable bonds is 3. The Bertz CT molecular complexity index is 535. The molecule has 6 heteroatoms. The van der Waals surface area contributed by atoms with E-state index >= 15 is 0 Å². The molecule has 2 atom stereocenters. The third kappa shape index (κ3) is 3.47. The molecule has 0 heterocycles. The van der Waals surface area contributed by atoms with Gasteiger partial charge < -0.3 is 10.4 Å². The fraction of sp³-hybridized carbons (Fsp3) is 0.429. The van der Waals surface area contributed by atoms with E-state index < -0.39 is 17.7 Å². The quantitative estimate of drug-likeness (QED) is 0.779. The molecule has 0 bridgehead atoms. The predicted octanol–water partition coefficient (Wildman–Crippen LogP) is 2.80. The summed E-state index contributed by atoms with van der Waals surface area (Å²) in [5.74, 6) is -2.14. The van der Waals surface area contributed by atoms with Crippen LogP contribution in [0.1, 0.15) is 36.0 Å². The molecule has 0 spiro atoms. The van der Waals surface area contributed by atoms with Crippen molar-refractivity contribution >= 4 is 34.5 Å². The molecule has 1 saturated carbocycles. The van der Waals surface area contributed by atoms with Crippen LogP contribution in [0.5, 0.6) is 0 Å². The first-order valence-electron chi connectivity index (χ1n) is 6.48. The number of benzene rings is 1. The summed E-state index contributed by atoms with van der Waals surface area (Å²) in [5.41, 5.74) is 0.377. The predicted molar refractivity (Wildman–Crippen MR) is 80.0 cm³/mol. The maximum Gasteiger partial charge on any atom is 0.308 e. The minimum atomic E-state index is -0.871. The van der Waals surface area contributed by atoms with E-state index in [4.69, 9.17) is 0 Å². The normalized spacial score (nSPS) is 22.3. The van der Waals surface area contributed by atoms with Crippen molar-refractivity contribution in [1.29, 1.82) is 0 Å². The van der Waals surface area contributed by atoms with Crippen molar-refractivity contribution in [2.24, 2.45) is 5.92 Å². The average molecular weight is 391 g/mol. The van der Waals surface area contributed by atoms with E-state index in [1.165, 1.54) is 18.2 Å². The number of carboxylic acids is 1.